The van der Waals surface area contributed by atoms with Crippen LogP contribution in [0.5, 0.6) is 5.75 Å². The molecule has 23 heavy (non-hydrogen) atoms. The SMILES string of the molecule is CCOc1ccccc1CCNC(=S)NCCc1ccccc1. The standard InChI is InChI=1S/C19H24N2OS/c1-2-22-18-11-7-6-10-17(18)13-15-21-19(23)20-14-12-16-8-4-3-5-9-16/h3-11H,2,12-15H2,1H3,(H2,20,21,23). The first kappa shape index (κ1) is 17.3. The molecule has 2 aromatic carbocycles. The van der Waals surface area contributed by atoms with Crippen LogP contribution >= 0.6 is 12.2 Å². The van der Waals surface area contributed by atoms with E-state index in [-0.39, 0.29) is 0 Å². The highest BCUT2D eigenvalue weighted by molar-refractivity contribution is 7.80. The van der Waals surface area contributed by atoms with E-state index in [4.69, 9.17) is 17.0 Å². The Morgan fingerprint density at radius 3 is 2.30 bits per heavy atom. The van der Waals surface area contributed by atoms with Crippen LogP contribution in [0, 0.1) is 0 Å². The van der Waals surface area contributed by atoms with Gasteiger partial charge in [0.25, 0.3) is 0 Å². The topological polar surface area (TPSA) is 33.3 Å². The molecule has 0 atom stereocenters. The molecule has 122 valence electrons. The van der Waals surface area contributed by atoms with E-state index in [2.05, 4.69) is 41.0 Å². The van der Waals surface area contributed by atoms with Gasteiger partial charge in [-0.05, 0) is 49.2 Å². The average Bonchev–Trinajstić information content (AvgIpc) is 2.58. The van der Waals surface area contributed by atoms with E-state index in [1.165, 1.54) is 11.1 Å². The van der Waals surface area contributed by atoms with Crippen LogP contribution in [0.4, 0.5) is 0 Å². The molecule has 0 aliphatic carbocycles. The van der Waals surface area contributed by atoms with Crippen molar-refractivity contribution in [3.63, 3.8) is 0 Å². The predicted molar refractivity (Wildman–Crippen MR) is 100 cm³/mol. The van der Waals surface area contributed by atoms with Gasteiger partial charge in [-0.25, -0.2) is 0 Å². The van der Waals surface area contributed by atoms with Crippen molar-refractivity contribution < 1.29 is 4.74 Å². The second kappa shape index (κ2) is 9.85. The van der Waals surface area contributed by atoms with Gasteiger partial charge in [-0.15, -0.1) is 0 Å². The quantitative estimate of drug-likeness (QED) is 0.728. The maximum absolute atomic E-state index is 5.63. The summed E-state index contributed by atoms with van der Waals surface area (Å²) >= 11 is 5.32. The summed E-state index contributed by atoms with van der Waals surface area (Å²) in [5.74, 6) is 0.958. The second-order valence-electron chi connectivity index (χ2n) is 5.21. The number of ether oxygens (including phenoxy) is 1. The molecule has 2 N–H and O–H groups in total. The van der Waals surface area contributed by atoms with Crippen molar-refractivity contribution in [3.05, 3.63) is 65.7 Å². The summed E-state index contributed by atoms with van der Waals surface area (Å²) in [7, 11) is 0. The molecule has 0 radical (unpaired) electrons. The summed E-state index contributed by atoms with van der Waals surface area (Å²) in [5.41, 5.74) is 2.52. The molecule has 0 amide bonds. The Morgan fingerprint density at radius 1 is 0.913 bits per heavy atom. The molecular weight excluding hydrogens is 304 g/mol. The summed E-state index contributed by atoms with van der Waals surface area (Å²) in [6.07, 6.45) is 1.85. The number of nitrogens with one attached hydrogen (secondary N) is 2. The minimum atomic E-state index is 0.684. The normalized spacial score (nSPS) is 10.1. The zero-order chi connectivity index (χ0) is 16.3. The van der Waals surface area contributed by atoms with Crippen LogP contribution in [0.15, 0.2) is 54.6 Å². The zero-order valence-corrected chi connectivity index (χ0v) is 14.4. The monoisotopic (exact) mass is 328 g/mol. The molecule has 0 unspecified atom stereocenters. The number of hydrogen-bond donors (Lipinski definition) is 2. The second-order valence-corrected chi connectivity index (χ2v) is 5.62. The largest absolute Gasteiger partial charge is 0.494 e. The van der Waals surface area contributed by atoms with Crippen LogP contribution in [-0.2, 0) is 12.8 Å². The van der Waals surface area contributed by atoms with Gasteiger partial charge < -0.3 is 15.4 Å². The van der Waals surface area contributed by atoms with E-state index in [9.17, 15) is 0 Å². The summed E-state index contributed by atoms with van der Waals surface area (Å²) < 4.78 is 5.63. The van der Waals surface area contributed by atoms with Crippen LogP contribution in [0.1, 0.15) is 18.1 Å². The van der Waals surface area contributed by atoms with Crippen LogP contribution < -0.4 is 15.4 Å². The van der Waals surface area contributed by atoms with Crippen molar-refractivity contribution >= 4 is 17.3 Å². The van der Waals surface area contributed by atoms with Crippen molar-refractivity contribution in [2.45, 2.75) is 19.8 Å². The first-order valence-electron chi connectivity index (χ1n) is 8.06. The molecule has 0 saturated carbocycles. The first-order valence-corrected chi connectivity index (χ1v) is 8.46. The van der Waals surface area contributed by atoms with Gasteiger partial charge in [0.1, 0.15) is 5.75 Å². The van der Waals surface area contributed by atoms with Gasteiger partial charge in [0.15, 0.2) is 5.11 Å². The Labute approximate surface area is 144 Å². The zero-order valence-electron chi connectivity index (χ0n) is 13.5. The minimum absolute atomic E-state index is 0.684. The third-order valence-corrected chi connectivity index (χ3v) is 3.78. The molecule has 0 heterocycles. The molecule has 0 spiro atoms. The van der Waals surface area contributed by atoms with E-state index in [1.807, 2.05) is 31.2 Å². The van der Waals surface area contributed by atoms with Crippen molar-refractivity contribution in [2.75, 3.05) is 19.7 Å². The van der Waals surface area contributed by atoms with E-state index < -0.39 is 0 Å². The highest BCUT2D eigenvalue weighted by atomic mass is 32.1. The van der Waals surface area contributed by atoms with Crippen molar-refractivity contribution in [1.29, 1.82) is 0 Å². The lowest BCUT2D eigenvalue weighted by atomic mass is 10.1. The molecule has 4 heteroatoms. The summed E-state index contributed by atoms with van der Waals surface area (Å²) in [4.78, 5) is 0. The van der Waals surface area contributed by atoms with Gasteiger partial charge in [-0.3, -0.25) is 0 Å². The Bertz CT molecular complexity index is 601. The van der Waals surface area contributed by atoms with Gasteiger partial charge in [-0.2, -0.15) is 0 Å². The van der Waals surface area contributed by atoms with Crippen LogP contribution in [-0.4, -0.2) is 24.8 Å². The van der Waals surface area contributed by atoms with Crippen molar-refractivity contribution in [3.8, 4) is 5.75 Å². The third-order valence-electron chi connectivity index (χ3n) is 3.49. The van der Waals surface area contributed by atoms with Crippen LogP contribution in [0.3, 0.4) is 0 Å². The molecular formula is C19H24N2OS. The van der Waals surface area contributed by atoms with E-state index >= 15 is 0 Å². The van der Waals surface area contributed by atoms with E-state index in [0.717, 1.165) is 31.7 Å². The Hall–Kier alpha value is -2.07. The van der Waals surface area contributed by atoms with Gasteiger partial charge in [0.05, 0.1) is 6.61 Å². The summed E-state index contributed by atoms with van der Waals surface area (Å²) in [6, 6.07) is 18.5. The molecule has 0 bridgehead atoms. The predicted octanol–water partition coefficient (Wildman–Crippen LogP) is 3.33. The van der Waals surface area contributed by atoms with Crippen molar-refractivity contribution in [2.24, 2.45) is 0 Å². The van der Waals surface area contributed by atoms with Crippen LogP contribution in [0.25, 0.3) is 0 Å². The molecule has 0 aliphatic heterocycles. The molecule has 0 aliphatic rings. The number of para-hydroxylation sites is 1. The first-order chi connectivity index (χ1) is 11.3. The molecule has 0 aromatic heterocycles. The lowest BCUT2D eigenvalue weighted by Crippen LogP contribution is -2.37. The number of thiocarbonyl (C=S) groups is 1. The number of benzene rings is 2. The van der Waals surface area contributed by atoms with Crippen molar-refractivity contribution in [1.82, 2.24) is 10.6 Å². The molecule has 2 rings (SSSR count). The third kappa shape index (κ3) is 6.28. The fourth-order valence-corrected chi connectivity index (χ4v) is 2.55. The fraction of sp³-hybridized carbons (Fsp3) is 0.316. The van der Waals surface area contributed by atoms with Gasteiger partial charge in [0.2, 0.25) is 0 Å². The van der Waals surface area contributed by atoms with Gasteiger partial charge >= 0.3 is 0 Å². The fourth-order valence-electron chi connectivity index (χ4n) is 2.34. The minimum Gasteiger partial charge on any atom is -0.494 e. The van der Waals surface area contributed by atoms with Gasteiger partial charge in [0, 0.05) is 13.1 Å². The molecule has 0 saturated heterocycles. The molecule has 2 aromatic rings. The average molecular weight is 328 g/mol. The Morgan fingerprint density at radius 2 is 1.57 bits per heavy atom. The van der Waals surface area contributed by atoms with E-state index in [0.29, 0.717) is 11.7 Å². The smallest absolute Gasteiger partial charge is 0.166 e. The Balaban J connectivity index is 1.67. The number of hydrogen-bond acceptors (Lipinski definition) is 2. The summed E-state index contributed by atoms with van der Waals surface area (Å²) in [5, 5.41) is 7.20. The summed E-state index contributed by atoms with van der Waals surface area (Å²) in [6.45, 7) is 4.32. The highest BCUT2D eigenvalue weighted by Gasteiger charge is 2.02. The highest BCUT2D eigenvalue weighted by Crippen LogP contribution is 2.17. The maximum Gasteiger partial charge on any atom is 0.166 e. The lowest BCUT2D eigenvalue weighted by molar-refractivity contribution is 0.336. The molecule has 0 fully saturated rings. The maximum atomic E-state index is 5.63. The molecule has 3 nitrogen and oxygen atoms in total. The lowest BCUT2D eigenvalue weighted by Gasteiger charge is -2.12. The number of rotatable bonds is 8. The van der Waals surface area contributed by atoms with Crippen LogP contribution in [0.2, 0.25) is 0 Å². The Kier molecular flexibility index (Phi) is 7.40. The van der Waals surface area contributed by atoms with E-state index in [1.54, 1.807) is 0 Å². The van der Waals surface area contributed by atoms with Gasteiger partial charge in [-0.1, -0.05) is 48.5 Å².